The fourth-order valence-electron chi connectivity index (χ4n) is 1.94. The Kier molecular flexibility index (Phi) is 3.75. The quantitative estimate of drug-likeness (QED) is 0.722. The smallest absolute Gasteiger partial charge is 0.147 e. The summed E-state index contributed by atoms with van der Waals surface area (Å²) < 4.78 is 16.0. The molecule has 0 radical (unpaired) electrons. The molecule has 14 heavy (non-hydrogen) atoms. The Balaban J connectivity index is 1.65. The van der Waals surface area contributed by atoms with Gasteiger partial charge in [-0.15, -0.1) is 0 Å². The predicted octanol–water partition coefficient (Wildman–Crippen LogP) is 0.516. The Morgan fingerprint density at radius 1 is 1.21 bits per heavy atom. The predicted molar refractivity (Wildman–Crippen MR) is 52.1 cm³/mol. The van der Waals surface area contributed by atoms with Gasteiger partial charge in [0.2, 0.25) is 0 Å². The summed E-state index contributed by atoms with van der Waals surface area (Å²) in [6.45, 7) is 5.19. The van der Waals surface area contributed by atoms with Crippen LogP contribution in [0, 0.1) is 0 Å². The molecule has 0 spiro atoms. The Hall–Kier alpha value is -0.160. The summed E-state index contributed by atoms with van der Waals surface area (Å²) in [5, 5.41) is 3.50. The van der Waals surface area contributed by atoms with Crippen molar-refractivity contribution in [3.05, 3.63) is 0 Å². The summed E-state index contributed by atoms with van der Waals surface area (Å²) in [6, 6.07) is 0.501. The molecule has 4 nitrogen and oxygen atoms in total. The molecule has 82 valence electrons. The van der Waals surface area contributed by atoms with Crippen LogP contribution in [0.1, 0.15) is 19.8 Å². The van der Waals surface area contributed by atoms with Crippen molar-refractivity contribution in [1.82, 2.24) is 5.32 Å². The molecule has 1 N–H and O–H groups in total. The molecule has 2 fully saturated rings. The number of nitrogens with one attached hydrogen (secondary N) is 1. The van der Waals surface area contributed by atoms with Crippen molar-refractivity contribution in [2.75, 3.05) is 26.6 Å². The Morgan fingerprint density at radius 2 is 2.14 bits per heavy atom. The maximum Gasteiger partial charge on any atom is 0.147 e. The van der Waals surface area contributed by atoms with Crippen LogP contribution in [0.3, 0.4) is 0 Å². The van der Waals surface area contributed by atoms with Crippen molar-refractivity contribution < 1.29 is 14.2 Å². The molecule has 0 bridgehead atoms. The van der Waals surface area contributed by atoms with Gasteiger partial charge in [0.25, 0.3) is 0 Å². The first-order valence-electron chi connectivity index (χ1n) is 5.40. The second-order valence-corrected chi connectivity index (χ2v) is 3.98. The highest BCUT2D eigenvalue weighted by Gasteiger charge is 2.25. The van der Waals surface area contributed by atoms with Gasteiger partial charge in [-0.2, -0.15) is 0 Å². The minimum absolute atomic E-state index is 0.316. The minimum Gasteiger partial charge on any atom is -0.377 e. The molecule has 2 rings (SSSR count). The largest absolute Gasteiger partial charge is 0.377 e. The van der Waals surface area contributed by atoms with E-state index in [-0.39, 0.29) is 0 Å². The summed E-state index contributed by atoms with van der Waals surface area (Å²) in [5.74, 6) is 0. The van der Waals surface area contributed by atoms with Crippen LogP contribution in [-0.4, -0.2) is 44.8 Å². The van der Waals surface area contributed by atoms with Gasteiger partial charge in [-0.25, -0.2) is 0 Å². The van der Waals surface area contributed by atoms with Crippen LogP contribution in [0.15, 0.2) is 0 Å². The molecular weight excluding hydrogens is 182 g/mol. The average Bonchev–Trinajstić information content (AvgIpc) is 2.63. The molecule has 4 heteroatoms. The molecule has 0 aromatic carbocycles. The van der Waals surface area contributed by atoms with Crippen molar-refractivity contribution in [2.24, 2.45) is 0 Å². The zero-order valence-corrected chi connectivity index (χ0v) is 8.70. The highest BCUT2D eigenvalue weighted by molar-refractivity contribution is 4.80. The lowest BCUT2D eigenvalue weighted by Crippen LogP contribution is -2.42. The SMILES string of the molecule is CC1OCCC1NCC1CCOCO1. The van der Waals surface area contributed by atoms with Crippen molar-refractivity contribution in [1.29, 1.82) is 0 Å². The van der Waals surface area contributed by atoms with E-state index in [4.69, 9.17) is 14.2 Å². The molecule has 2 aliphatic heterocycles. The molecule has 2 aliphatic rings. The first-order chi connectivity index (χ1) is 6.86. The van der Waals surface area contributed by atoms with Crippen LogP contribution in [0.2, 0.25) is 0 Å². The van der Waals surface area contributed by atoms with E-state index >= 15 is 0 Å². The maximum absolute atomic E-state index is 5.48. The molecule has 2 heterocycles. The molecule has 0 aliphatic carbocycles. The maximum atomic E-state index is 5.48. The molecule has 0 aromatic heterocycles. The molecule has 3 atom stereocenters. The topological polar surface area (TPSA) is 39.7 Å². The van der Waals surface area contributed by atoms with E-state index in [0.29, 0.717) is 25.0 Å². The van der Waals surface area contributed by atoms with E-state index < -0.39 is 0 Å². The van der Waals surface area contributed by atoms with Gasteiger partial charge in [0.15, 0.2) is 0 Å². The monoisotopic (exact) mass is 201 g/mol. The lowest BCUT2D eigenvalue weighted by Gasteiger charge is -2.25. The highest BCUT2D eigenvalue weighted by atomic mass is 16.7. The van der Waals surface area contributed by atoms with Gasteiger partial charge < -0.3 is 19.5 Å². The van der Waals surface area contributed by atoms with Gasteiger partial charge in [0.1, 0.15) is 6.79 Å². The van der Waals surface area contributed by atoms with Crippen LogP contribution in [0.5, 0.6) is 0 Å². The fourth-order valence-corrected chi connectivity index (χ4v) is 1.94. The third-order valence-electron chi connectivity index (χ3n) is 2.96. The van der Waals surface area contributed by atoms with Gasteiger partial charge >= 0.3 is 0 Å². The zero-order valence-electron chi connectivity index (χ0n) is 8.70. The van der Waals surface area contributed by atoms with Crippen LogP contribution in [0.25, 0.3) is 0 Å². The van der Waals surface area contributed by atoms with E-state index in [0.717, 1.165) is 32.6 Å². The van der Waals surface area contributed by atoms with E-state index in [1.807, 2.05) is 0 Å². The molecule has 0 aromatic rings. The Labute approximate surface area is 84.9 Å². The molecule has 2 saturated heterocycles. The standard InChI is InChI=1S/C10H19NO3/c1-8-10(3-5-13-8)11-6-9-2-4-12-7-14-9/h8-11H,2-7H2,1H3. The minimum atomic E-state index is 0.316. The van der Waals surface area contributed by atoms with Gasteiger partial charge in [-0.1, -0.05) is 0 Å². The van der Waals surface area contributed by atoms with Crippen LogP contribution in [-0.2, 0) is 14.2 Å². The van der Waals surface area contributed by atoms with Crippen molar-refractivity contribution in [3.8, 4) is 0 Å². The Morgan fingerprint density at radius 3 is 2.79 bits per heavy atom. The van der Waals surface area contributed by atoms with Crippen LogP contribution in [0.4, 0.5) is 0 Å². The molecule has 0 saturated carbocycles. The van der Waals surface area contributed by atoms with Gasteiger partial charge in [0.05, 0.1) is 18.8 Å². The third-order valence-corrected chi connectivity index (χ3v) is 2.96. The molecule has 0 amide bonds. The van der Waals surface area contributed by atoms with Gasteiger partial charge in [-0.3, -0.25) is 0 Å². The van der Waals surface area contributed by atoms with E-state index in [1.165, 1.54) is 0 Å². The summed E-state index contributed by atoms with van der Waals surface area (Å²) in [4.78, 5) is 0. The van der Waals surface area contributed by atoms with Crippen molar-refractivity contribution >= 4 is 0 Å². The first-order valence-corrected chi connectivity index (χ1v) is 5.40. The van der Waals surface area contributed by atoms with Gasteiger partial charge in [0, 0.05) is 19.2 Å². The average molecular weight is 201 g/mol. The summed E-state index contributed by atoms with van der Waals surface area (Å²) in [7, 11) is 0. The summed E-state index contributed by atoms with van der Waals surface area (Å²) >= 11 is 0. The lowest BCUT2D eigenvalue weighted by atomic mass is 10.1. The summed E-state index contributed by atoms with van der Waals surface area (Å²) in [6.07, 6.45) is 2.77. The molecule has 3 unspecified atom stereocenters. The number of hydrogen-bond acceptors (Lipinski definition) is 4. The van der Waals surface area contributed by atoms with E-state index in [1.54, 1.807) is 0 Å². The second-order valence-electron chi connectivity index (χ2n) is 3.98. The van der Waals surface area contributed by atoms with Crippen molar-refractivity contribution in [3.63, 3.8) is 0 Å². The summed E-state index contributed by atoms with van der Waals surface area (Å²) in [5.41, 5.74) is 0. The fraction of sp³-hybridized carbons (Fsp3) is 1.00. The van der Waals surface area contributed by atoms with E-state index in [2.05, 4.69) is 12.2 Å². The molecular formula is C10H19NO3. The number of rotatable bonds is 3. The normalized spacial score (nSPS) is 38.8. The zero-order chi connectivity index (χ0) is 9.80. The van der Waals surface area contributed by atoms with Crippen LogP contribution < -0.4 is 5.32 Å². The first kappa shape index (κ1) is 10.4. The third kappa shape index (κ3) is 2.67. The van der Waals surface area contributed by atoms with Crippen molar-refractivity contribution in [2.45, 2.75) is 38.0 Å². The highest BCUT2D eigenvalue weighted by Crippen LogP contribution is 2.13. The Bertz CT molecular complexity index is 171. The lowest BCUT2D eigenvalue weighted by molar-refractivity contribution is -0.137. The van der Waals surface area contributed by atoms with Gasteiger partial charge in [-0.05, 0) is 19.8 Å². The number of ether oxygens (including phenoxy) is 3. The van der Waals surface area contributed by atoms with Crippen LogP contribution >= 0.6 is 0 Å². The van der Waals surface area contributed by atoms with E-state index in [9.17, 15) is 0 Å². The number of hydrogen-bond donors (Lipinski definition) is 1. The second kappa shape index (κ2) is 5.07.